The number of aliphatic hydroxyl groups is 2. The lowest BCUT2D eigenvalue weighted by atomic mass is 10.1. The fraction of sp³-hybridized carbons (Fsp3) is 0.700. The lowest BCUT2D eigenvalue weighted by Crippen LogP contribution is -2.46. The third-order valence-electron chi connectivity index (χ3n) is 2.37. The van der Waals surface area contributed by atoms with Crippen LogP contribution < -0.4 is 21.5 Å². The summed E-state index contributed by atoms with van der Waals surface area (Å²) in [5.74, 6) is 0. The number of amides is 2. The van der Waals surface area contributed by atoms with Crippen molar-refractivity contribution in [3.63, 3.8) is 0 Å². The number of carbonyl (C=O) groups excluding carboxylic acids is 1. The Labute approximate surface area is 100 Å². The molecule has 0 aromatic rings. The molecule has 17 heavy (non-hydrogen) atoms. The highest BCUT2D eigenvalue weighted by molar-refractivity contribution is 5.73. The monoisotopic (exact) mass is 244 g/mol. The van der Waals surface area contributed by atoms with Crippen LogP contribution in [0, 0.1) is 0 Å². The molecule has 1 aliphatic rings. The molecule has 1 fully saturated rings. The maximum atomic E-state index is 11.3. The van der Waals surface area contributed by atoms with Crippen LogP contribution in [0.25, 0.3) is 0 Å². The lowest BCUT2D eigenvalue weighted by Gasteiger charge is -2.16. The Bertz CT molecular complexity index is 305. The van der Waals surface area contributed by atoms with Crippen LogP contribution in [0.3, 0.4) is 0 Å². The van der Waals surface area contributed by atoms with Crippen molar-refractivity contribution in [1.82, 2.24) is 21.5 Å². The van der Waals surface area contributed by atoms with E-state index in [9.17, 15) is 15.0 Å². The van der Waals surface area contributed by atoms with Crippen molar-refractivity contribution in [3.8, 4) is 0 Å². The van der Waals surface area contributed by atoms with E-state index in [-0.39, 0.29) is 12.1 Å². The largest absolute Gasteiger partial charge is 0.387 e. The Morgan fingerprint density at radius 2 is 2.06 bits per heavy atom. The van der Waals surface area contributed by atoms with Gasteiger partial charge in [0.05, 0.1) is 6.10 Å². The van der Waals surface area contributed by atoms with Gasteiger partial charge in [0.25, 0.3) is 0 Å². The molecule has 7 heteroatoms. The molecule has 1 saturated heterocycles. The number of aliphatic hydroxyl groups excluding tert-OH is 2. The molecule has 98 valence electrons. The van der Waals surface area contributed by atoms with Crippen molar-refractivity contribution in [2.75, 3.05) is 6.54 Å². The highest BCUT2D eigenvalue weighted by atomic mass is 16.3. The van der Waals surface area contributed by atoms with E-state index >= 15 is 0 Å². The number of urea groups is 1. The topological polar surface area (TPSA) is 106 Å². The average molecular weight is 244 g/mol. The highest BCUT2D eigenvalue weighted by Crippen LogP contribution is 2.15. The van der Waals surface area contributed by atoms with E-state index in [1.807, 2.05) is 13.8 Å². The van der Waals surface area contributed by atoms with Crippen LogP contribution in [-0.2, 0) is 0 Å². The van der Waals surface area contributed by atoms with Crippen LogP contribution in [0.5, 0.6) is 0 Å². The molecule has 0 radical (unpaired) electrons. The van der Waals surface area contributed by atoms with Gasteiger partial charge < -0.3 is 21.0 Å². The van der Waals surface area contributed by atoms with Crippen molar-refractivity contribution in [3.05, 3.63) is 11.3 Å². The molecule has 2 unspecified atom stereocenters. The summed E-state index contributed by atoms with van der Waals surface area (Å²) < 4.78 is 0. The second kappa shape index (κ2) is 5.85. The molecule has 1 heterocycles. The van der Waals surface area contributed by atoms with Gasteiger partial charge in [-0.1, -0.05) is 0 Å². The van der Waals surface area contributed by atoms with E-state index in [1.165, 1.54) is 0 Å². The third kappa shape index (κ3) is 3.88. The minimum atomic E-state index is -0.882. The Morgan fingerprint density at radius 1 is 1.41 bits per heavy atom. The highest BCUT2D eigenvalue weighted by Gasteiger charge is 2.28. The average Bonchev–Trinajstić information content (AvgIpc) is 2.54. The molecule has 0 aromatic heterocycles. The number of β-amino-alcohol motifs (C(OH)–C–C–N with tert-alkyl or cyclic N) is 1. The van der Waals surface area contributed by atoms with Crippen LogP contribution in [0.4, 0.5) is 4.79 Å². The zero-order valence-electron chi connectivity index (χ0n) is 10.2. The Balaban J connectivity index is 2.51. The van der Waals surface area contributed by atoms with E-state index in [4.69, 9.17) is 0 Å². The van der Waals surface area contributed by atoms with E-state index in [0.717, 1.165) is 0 Å². The number of hydrogen-bond donors (Lipinski definition) is 6. The summed E-state index contributed by atoms with van der Waals surface area (Å²) in [5.41, 5.74) is 6.03. The van der Waals surface area contributed by atoms with Gasteiger partial charge in [0, 0.05) is 23.9 Å². The fourth-order valence-electron chi connectivity index (χ4n) is 1.60. The Morgan fingerprint density at radius 3 is 2.53 bits per heavy atom. The van der Waals surface area contributed by atoms with Gasteiger partial charge in [0.15, 0.2) is 0 Å². The number of carbonyl (C=O) groups is 1. The molecule has 2 amide bonds. The third-order valence-corrected chi connectivity index (χ3v) is 2.37. The summed E-state index contributed by atoms with van der Waals surface area (Å²) >= 11 is 0. The number of nitrogens with one attached hydrogen (secondary N) is 4. The SMILES string of the molecule is C/C(NNC(=O)NC(C)C)=C1/C(O)CNC1O. The van der Waals surface area contributed by atoms with Gasteiger partial charge in [-0.05, 0) is 20.8 Å². The quantitative estimate of drug-likeness (QED) is 0.348. The van der Waals surface area contributed by atoms with Gasteiger partial charge in [0.2, 0.25) is 0 Å². The molecule has 6 N–H and O–H groups in total. The summed E-state index contributed by atoms with van der Waals surface area (Å²) in [6.07, 6.45) is -1.63. The van der Waals surface area contributed by atoms with Crippen LogP contribution in [-0.4, -0.2) is 41.2 Å². The van der Waals surface area contributed by atoms with E-state index in [1.54, 1.807) is 6.92 Å². The summed E-state index contributed by atoms with van der Waals surface area (Å²) in [4.78, 5) is 11.3. The van der Waals surface area contributed by atoms with Gasteiger partial charge in [-0.2, -0.15) is 0 Å². The van der Waals surface area contributed by atoms with E-state index < -0.39 is 12.3 Å². The van der Waals surface area contributed by atoms with Crippen molar-refractivity contribution in [2.24, 2.45) is 0 Å². The first-order valence-corrected chi connectivity index (χ1v) is 5.54. The molecule has 0 aliphatic carbocycles. The summed E-state index contributed by atoms with van der Waals surface area (Å²) in [7, 11) is 0. The van der Waals surface area contributed by atoms with Crippen molar-refractivity contribution in [1.29, 1.82) is 0 Å². The number of hydrazine groups is 1. The lowest BCUT2D eigenvalue weighted by molar-refractivity contribution is 0.185. The number of rotatable bonds is 3. The van der Waals surface area contributed by atoms with Gasteiger partial charge in [-0.25, -0.2) is 4.79 Å². The minimum Gasteiger partial charge on any atom is -0.387 e. The fourth-order valence-corrected chi connectivity index (χ4v) is 1.60. The number of allylic oxidation sites excluding steroid dienone is 1. The van der Waals surface area contributed by atoms with Crippen molar-refractivity contribution in [2.45, 2.75) is 39.1 Å². The van der Waals surface area contributed by atoms with Gasteiger partial charge >= 0.3 is 6.03 Å². The molecular formula is C10H20N4O3. The molecule has 0 bridgehead atoms. The summed E-state index contributed by atoms with van der Waals surface area (Å²) in [5, 5.41) is 24.5. The molecule has 1 aliphatic heterocycles. The van der Waals surface area contributed by atoms with Crippen molar-refractivity contribution < 1.29 is 15.0 Å². The maximum Gasteiger partial charge on any atom is 0.333 e. The molecule has 1 rings (SSSR count). The first kappa shape index (κ1) is 13.8. The second-order valence-corrected chi connectivity index (χ2v) is 4.29. The first-order valence-electron chi connectivity index (χ1n) is 5.54. The van der Waals surface area contributed by atoms with Gasteiger partial charge in [-0.3, -0.25) is 10.7 Å². The van der Waals surface area contributed by atoms with Gasteiger partial charge in [0.1, 0.15) is 6.23 Å². The minimum absolute atomic E-state index is 0.0362. The zero-order chi connectivity index (χ0) is 13.0. The normalized spacial score (nSPS) is 26.9. The molecule has 2 atom stereocenters. The Hall–Kier alpha value is -1.31. The summed E-state index contributed by atoms with van der Waals surface area (Å²) in [6, 6.07) is -0.330. The van der Waals surface area contributed by atoms with Crippen LogP contribution in [0.2, 0.25) is 0 Å². The smallest absolute Gasteiger partial charge is 0.333 e. The summed E-state index contributed by atoms with van der Waals surface area (Å²) in [6.45, 7) is 5.66. The van der Waals surface area contributed by atoms with E-state index in [0.29, 0.717) is 17.8 Å². The van der Waals surface area contributed by atoms with Crippen LogP contribution in [0.1, 0.15) is 20.8 Å². The van der Waals surface area contributed by atoms with Crippen LogP contribution in [0.15, 0.2) is 11.3 Å². The molecule has 0 aromatic carbocycles. The van der Waals surface area contributed by atoms with Gasteiger partial charge in [-0.15, -0.1) is 0 Å². The van der Waals surface area contributed by atoms with Crippen LogP contribution >= 0.6 is 0 Å². The standard InChI is InChI=1S/C10H20N4O3/c1-5(2)12-10(17)14-13-6(3)8-7(15)4-11-9(8)16/h5,7,9,11,13,15-16H,4H2,1-3H3,(H2,12,14,17)/b8-6+. The molecule has 0 saturated carbocycles. The second-order valence-electron chi connectivity index (χ2n) is 4.29. The maximum absolute atomic E-state index is 11.3. The van der Waals surface area contributed by atoms with Crippen molar-refractivity contribution >= 4 is 6.03 Å². The molecular weight excluding hydrogens is 224 g/mol. The zero-order valence-corrected chi connectivity index (χ0v) is 10.2. The predicted molar refractivity (Wildman–Crippen MR) is 62.7 cm³/mol. The predicted octanol–water partition coefficient (Wildman–Crippen LogP) is -1.24. The first-order chi connectivity index (χ1) is 7.91. The Kier molecular flexibility index (Phi) is 4.73. The molecule has 0 spiro atoms. The number of hydrogen-bond acceptors (Lipinski definition) is 5. The van der Waals surface area contributed by atoms with E-state index in [2.05, 4.69) is 21.5 Å². The molecule has 7 nitrogen and oxygen atoms in total.